The Hall–Kier alpha value is -2.08. The topological polar surface area (TPSA) is 77.2 Å². The monoisotopic (exact) mass is 263 g/mol. The fourth-order valence-corrected chi connectivity index (χ4v) is 1.99. The molecule has 6 heteroatoms. The van der Waals surface area contributed by atoms with Crippen LogP contribution in [0.15, 0.2) is 29.6 Å². The zero-order valence-electron chi connectivity index (χ0n) is 9.84. The Kier molecular flexibility index (Phi) is 3.78. The minimum Gasteiger partial charge on any atom is -0.472 e. The number of aromatic nitrogens is 1. The minimum absolute atomic E-state index is 0.184. The number of ether oxygens (including phenoxy) is 1. The van der Waals surface area contributed by atoms with Gasteiger partial charge in [-0.25, -0.2) is 0 Å². The molecule has 0 bridgehead atoms. The highest BCUT2D eigenvalue weighted by atomic mass is 32.1. The number of amides is 1. The Morgan fingerprint density at radius 1 is 1.50 bits per heavy atom. The molecule has 94 valence electrons. The molecule has 0 aliphatic carbocycles. The fraction of sp³-hybridized carbons (Fsp3) is 0.167. The van der Waals surface area contributed by atoms with E-state index >= 15 is 0 Å². The highest BCUT2D eigenvalue weighted by Crippen LogP contribution is 2.21. The maximum absolute atomic E-state index is 10.9. The van der Waals surface area contributed by atoms with Crippen molar-refractivity contribution < 1.29 is 9.53 Å². The van der Waals surface area contributed by atoms with Crippen molar-refractivity contribution in [2.24, 2.45) is 0 Å². The van der Waals surface area contributed by atoms with E-state index < -0.39 is 0 Å². The predicted molar refractivity (Wildman–Crippen MR) is 71.6 cm³/mol. The van der Waals surface area contributed by atoms with Gasteiger partial charge in [-0.1, -0.05) is 6.07 Å². The van der Waals surface area contributed by atoms with Crippen LogP contribution in [0.2, 0.25) is 0 Å². The van der Waals surface area contributed by atoms with Gasteiger partial charge in [-0.05, 0) is 17.5 Å². The van der Waals surface area contributed by atoms with Crippen LogP contribution in [-0.2, 0) is 11.4 Å². The lowest BCUT2D eigenvalue weighted by molar-refractivity contribution is -0.114. The van der Waals surface area contributed by atoms with Crippen molar-refractivity contribution in [3.8, 4) is 5.88 Å². The summed E-state index contributed by atoms with van der Waals surface area (Å²) >= 11 is 1.62. The molecule has 0 saturated carbocycles. The summed E-state index contributed by atoms with van der Waals surface area (Å²) in [6.45, 7) is 1.88. The van der Waals surface area contributed by atoms with Gasteiger partial charge in [-0.2, -0.15) is 4.98 Å². The van der Waals surface area contributed by atoms with Gasteiger partial charge in [0.25, 0.3) is 0 Å². The first-order valence-corrected chi connectivity index (χ1v) is 6.22. The molecule has 0 saturated heterocycles. The molecular formula is C12H13N3O2S. The first-order valence-electron chi connectivity index (χ1n) is 5.34. The van der Waals surface area contributed by atoms with Crippen LogP contribution < -0.4 is 15.8 Å². The molecule has 2 aromatic heterocycles. The highest BCUT2D eigenvalue weighted by molar-refractivity contribution is 7.09. The van der Waals surface area contributed by atoms with Crippen molar-refractivity contribution in [3.63, 3.8) is 0 Å². The first kappa shape index (κ1) is 12.4. The van der Waals surface area contributed by atoms with Gasteiger partial charge in [-0.3, -0.25) is 4.79 Å². The van der Waals surface area contributed by atoms with Crippen LogP contribution >= 0.6 is 11.3 Å². The quantitative estimate of drug-likeness (QED) is 0.887. The third kappa shape index (κ3) is 3.21. The minimum atomic E-state index is -0.184. The van der Waals surface area contributed by atoms with E-state index in [4.69, 9.17) is 10.5 Å². The van der Waals surface area contributed by atoms with Crippen molar-refractivity contribution in [1.82, 2.24) is 4.98 Å². The van der Waals surface area contributed by atoms with E-state index in [0.29, 0.717) is 18.2 Å². The van der Waals surface area contributed by atoms with Gasteiger partial charge in [-0.15, -0.1) is 11.3 Å². The second kappa shape index (κ2) is 5.50. The van der Waals surface area contributed by atoms with E-state index in [-0.39, 0.29) is 11.7 Å². The van der Waals surface area contributed by atoms with Crippen molar-refractivity contribution in [1.29, 1.82) is 0 Å². The number of hydrogen-bond acceptors (Lipinski definition) is 5. The largest absolute Gasteiger partial charge is 0.472 e. The van der Waals surface area contributed by atoms with Crippen molar-refractivity contribution in [3.05, 3.63) is 34.5 Å². The number of anilines is 2. The maximum Gasteiger partial charge on any atom is 0.221 e. The van der Waals surface area contributed by atoms with Crippen LogP contribution in [0.1, 0.15) is 11.8 Å². The lowest BCUT2D eigenvalue weighted by Gasteiger charge is -2.08. The molecular weight excluding hydrogens is 250 g/mol. The van der Waals surface area contributed by atoms with Crippen molar-refractivity contribution in [2.75, 3.05) is 11.1 Å². The van der Waals surface area contributed by atoms with E-state index in [1.54, 1.807) is 23.5 Å². The number of rotatable bonds is 4. The summed E-state index contributed by atoms with van der Waals surface area (Å²) in [4.78, 5) is 16.1. The summed E-state index contributed by atoms with van der Waals surface area (Å²) in [6.07, 6.45) is 0. The molecule has 1 amide bonds. The number of thiophene rings is 1. The number of pyridine rings is 1. The van der Waals surface area contributed by atoms with Crippen LogP contribution in [0.3, 0.4) is 0 Å². The molecule has 5 nitrogen and oxygen atoms in total. The van der Waals surface area contributed by atoms with Crippen LogP contribution in [0.4, 0.5) is 11.5 Å². The summed E-state index contributed by atoms with van der Waals surface area (Å²) in [5, 5.41) is 4.58. The molecule has 2 aromatic rings. The third-order valence-corrected chi connectivity index (χ3v) is 3.00. The lowest BCUT2D eigenvalue weighted by Crippen LogP contribution is -2.09. The second-order valence-electron chi connectivity index (χ2n) is 3.63. The Morgan fingerprint density at radius 2 is 2.33 bits per heavy atom. The van der Waals surface area contributed by atoms with Gasteiger partial charge in [0.1, 0.15) is 6.61 Å². The summed E-state index contributed by atoms with van der Waals surface area (Å²) < 4.78 is 5.50. The first-order chi connectivity index (χ1) is 8.65. The Bertz CT molecular complexity index is 540. The molecule has 18 heavy (non-hydrogen) atoms. The zero-order valence-corrected chi connectivity index (χ0v) is 10.7. The molecule has 0 radical (unpaired) electrons. The predicted octanol–water partition coefficient (Wildman–Crippen LogP) is 2.26. The molecule has 0 atom stereocenters. The summed E-state index contributed by atoms with van der Waals surface area (Å²) in [6, 6.07) is 7.30. The lowest BCUT2D eigenvalue weighted by atomic mass is 10.3. The molecule has 0 aliphatic heterocycles. The van der Waals surface area contributed by atoms with Crippen molar-refractivity contribution >= 4 is 28.7 Å². The average Bonchev–Trinajstić information content (AvgIpc) is 2.82. The molecule has 2 rings (SSSR count). The van der Waals surface area contributed by atoms with Gasteiger partial charge < -0.3 is 15.8 Å². The van der Waals surface area contributed by atoms with E-state index in [1.165, 1.54) is 6.92 Å². The Balaban J connectivity index is 2.02. The Morgan fingerprint density at radius 3 is 2.94 bits per heavy atom. The van der Waals surface area contributed by atoms with Crippen LogP contribution in [0, 0.1) is 0 Å². The smallest absolute Gasteiger partial charge is 0.221 e. The normalized spacial score (nSPS) is 10.1. The van der Waals surface area contributed by atoms with E-state index in [9.17, 15) is 4.79 Å². The number of nitrogens with two attached hydrogens (primary N) is 1. The molecule has 2 heterocycles. The van der Waals surface area contributed by atoms with Gasteiger partial charge >= 0.3 is 0 Å². The number of nitrogen functional groups attached to an aromatic ring is 1. The highest BCUT2D eigenvalue weighted by Gasteiger charge is 2.05. The molecule has 3 N–H and O–H groups in total. The second-order valence-corrected chi connectivity index (χ2v) is 4.66. The van der Waals surface area contributed by atoms with Crippen LogP contribution in [0.5, 0.6) is 5.88 Å². The molecule has 0 unspecified atom stereocenters. The van der Waals surface area contributed by atoms with Gasteiger partial charge in [0.05, 0.1) is 5.69 Å². The number of hydrogen-bond donors (Lipinski definition) is 2. The average molecular weight is 263 g/mol. The maximum atomic E-state index is 10.9. The van der Waals surface area contributed by atoms with E-state index in [2.05, 4.69) is 10.3 Å². The van der Waals surface area contributed by atoms with Crippen LogP contribution in [-0.4, -0.2) is 10.9 Å². The Labute approximate surface area is 109 Å². The molecule has 0 spiro atoms. The number of carbonyl (C=O) groups is 1. The summed E-state index contributed by atoms with van der Waals surface area (Å²) in [5.74, 6) is 0.500. The number of nitrogens with zero attached hydrogens (tertiary/aromatic N) is 1. The zero-order chi connectivity index (χ0) is 13.0. The van der Waals surface area contributed by atoms with Crippen molar-refractivity contribution in [2.45, 2.75) is 13.5 Å². The van der Waals surface area contributed by atoms with Crippen LogP contribution in [0.25, 0.3) is 0 Å². The standard InChI is InChI=1S/C12H13N3O2S/c1-8(16)14-10-4-5-11(15-12(10)13)17-7-9-3-2-6-18-9/h2-6H,7H2,1H3,(H2,13,15)(H,14,16). The van der Waals surface area contributed by atoms with Gasteiger partial charge in [0.2, 0.25) is 11.8 Å². The van der Waals surface area contributed by atoms with E-state index in [0.717, 1.165) is 4.88 Å². The molecule has 0 fully saturated rings. The molecule has 0 aromatic carbocycles. The van der Waals surface area contributed by atoms with Gasteiger partial charge in [0, 0.05) is 17.9 Å². The fourth-order valence-electron chi connectivity index (χ4n) is 1.37. The van der Waals surface area contributed by atoms with Gasteiger partial charge in [0.15, 0.2) is 5.82 Å². The summed E-state index contributed by atoms with van der Waals surface area (Å²) in [7, 11) is 0. The molecule has 0 aliphatic rings. The third-order valence-electron chi connectivity index (χ3n) is 2.15. The summed E-state index contributed by atoms with van der Waals surface area (Å²) in [5.41, 5.74) is 6.21. The SMILES string of the molecule is CC(=O)Nc1ccc(OCc2cccs2)nc1N. The number of nitrogens with one attached hydrogen (secondary N) is 1. The van der Waals surface area contributed by atoms with E-state index in [1.807, 2.05) is 17.5 Å². The number of carbonyl (C=O) groups excluding carboxylic acids is 1.